The van der Waals surface area contributed by atoms with E-state index in [0.717, 1.165) is 16.9 Å². The van der Waals surface area contributed by atoms with Crippen molar-refractivity contribution in [2.24, 2.45) is 0 Å². The average Bonchev–Trinajstić information content (AvgIpc) is 3.11. The second-order valence-electron chi connectivity index (χ2n) is 6.94. The summed E-state index contributed by atoms with van der Waals surface area (Å²) in [5.74, 6) is -0.719. The van der Waals surface area contributed by atoms with Crippen LogP contribution in [0.25, 0.3) is 5.69 Å². The summed E-state index contributed by atoms with van der Waals surface area (Å²) in [5, 5.41) is 4.48. The van der Waals surface area contributed by atoms with Gasteiger partial charge in [-0.15, -0.1) is 0 Å². The van der Waals surface area contributed by atoms with Gasteiger partial charge in [0, 0.05) is 23.5 Å². The Kier molecular flexibility index (Phi) is 4.80. The third-order valence-corrected chi connectivity index (χ3v) is 4.97. The van der Waals surface area contributed by atoms with Crippen molar-refractivity contribution in [1.82, 2.24) is 9.78 Å². The molecule has 0 bridgehead atoms. The van der Waals surface area contributed by atoms with E-state index < -0.39 is 5.97 Å². The molecule has 1 aliphatic heterocycles. The number of nitrogens with zero attached hydrogens (tertiary/aromatic N) is 3. The van der Waals surface area contributed by atoms with Gasteiger partial charge in [-0.25, -0.2) is 9.48 Å². The molecule has 7 nitrogen and oxygen atoms in total. The fourth-order valence-corrected chi connectivity index (χ4v) is 3.50. The topological polar surface area (TPSA) is 90.4 Å². The first kappa shape index (κ1) is 18.7. The first-order valence-corrected chi connectivity index (χ1v) is 9.53. The lowest BCUT2D eigenvalue weighted by Crippen LogP contribution is -2.39. The fraction of sp³-hybridized carbons (Fsp3) is 0.227. The molecule has 0 aliphatic carbocycles. The summed E-state index contributed by atoms with van der Waals surface area (Å²) in [5.41, 5.74) is 10.2. The zero-order valence-electron chi connectivity index (χ0n) is 16.4. The first-order valence-electron chi connectivity index (χ1n) is 9.53. The second-order valence-corrected chi connectivity index (χ2v) is 6.94. The summed E-state index contributed by atoms with van der Waals surface area (Å²) < 4.78 is 6.72. The van der Waals surface area contributed by atoms with Gasteiger partial charge in [0.25, 0.3) is 5.91 Å². The van der Waals surface area contributed by atoms with Crippen LogP contribution in [0.15, 0.2) is 48.5 Å². The molecule has 1 amide bonds. The van der Waals surface area contributed by atoms with Crippen molar-refractivity contribution >= 4 is 23.3 Å². The number of carbonyl (C=O) groups is 2. The van der Waals surface area contributed by atoms with Crippen LogP contribution in [0.2, 0.25) is 0 Å². The van der Waals surface area contributed by atoms with Gasteiger partial charge < -0.3 is 15.4 Å². The molecule has 2 aromatic carbocycles. The van der Waals surface area contributed by atoms with Crippen LogP contribution in [0, 0.1) is 6.92 Å². The molecule has 2 heterocycles. The number of fused-ring (bicyclic) bond motifs is 1. The number of anilines is 2. The number of nitrogens with two attached hydrogens (primary N) is 1. The number of esters is 1. The highest BCUT2D eigenvalue weighted by atomic mass is 16.5. The Morgan fingerprint density at radius 1 is 1.10 bits per heavy atom. The van der Waals surface area contributed by atoms with Crippen LogP contribution in [0.3, 0.4) is 0 Å². The van der Waals surface area contributed by atoms with Crippen LogP contribution in [-0.2, 0) is 11.2 Å². The molecule has 0 radical (unpaired) electrons. The molecule has 0 saturated carbocycles. The molecular weight excluding hydrogens is 368 g/mol. The SMILES string of the molecule is CCOC(=O)c1nn(-c2ccc(C)cc2)c2c1CCN(c1ccc(N)cc1)C2=O. The molecular formula is C22H22N4O3. The molecule has 0 spiro atoms. The van der Waals surface area contributed by atoms with Crippen molar-refractivity contribution in [2.45, 2.75) is 20.3 Å². The molecule has 0 fully saturated rings. The summed E-state index contributed by atoms with van der Waals surface area (Å²) in [7, 11) is 0. The Labute approximate surface area is 168 Å². The van der Waals surface area contributed by atoms with Crippen LogP contribution < -0.4 is 10.6 Å². The van der Waals surface area contributed by atoms with Crippen LogP contribution in [-0.4, -0.2) is 34.8 Å². The lowest BCUT2D eigenvalue weighted by Gasteiger charge is -2.27. The number of nitrogen functional groups attached to an aromatic ring is 1. The minimum absolute atomic E-state index is 0.202. The summed E-state index contributed by atoms with van der Waals surface area (Å²) in [6.07, 6.45) is 0.505. The fourth-order valence-electron chi connectivity index (χ4n) is 3.50. The Balaban J connectivity index is 1.83. The Hall–Kier alpha value is -3.61. The molecule has 1 aliphatic rings. The van der Waals surface area contributed by atoms with Crippen LogP contribution >= 0.6 is 0 Å². The predicted octanol–water partition coefficient (Wildman–Crippen LogP) is 3.14. The third-order valence-electron chi connectivity index (χ3n) is 4.97. The molecule has 0 unspecified atom stereocenters. The molecule has 1 aromatic heterocycles. The average molecular weight is 390 g/mol. The highest BCUT2D eigenvalue weighted by Gasteiger charge is 2.35. The monoisotopic (exact) mass is 390 g/mol. The number of carbonyl (C=O) groups excluding carboxylic acids is 2. The van der Waals surface area contributed by atoms with Crippen molar-refractivity contribution in [3.63, 3.8) is 0 Å². The van der Waals surface area contributed by atoms with Gasteiger partial charge in [-0.1, -0.05) is 17.7 Å². The van der Waals surface area contributed by atoms with Gasteiger partial charge in [0.2, 0.25) is 0 Å². The predicted molar refractivity (Wildman–Crippen MR) is 110 cm³/mol. The normalized spacial score (nSPS) is 13.3. The van der Waals surface area contributed by atoms with Crippen LogP contribution in [0.5, 0.6) is 0 Å². The van der Waals surface area contributed by atoms with E-state index in [0.29, 0.717) is 29.9 Å². The molecule has 0 atom stereocenters. The molecule has 7 heteroatoms. The Morgan fingerprint density at radius 3 is 2.41 bits per heavy atom. The minimum atomic E-state index is -0.511. The number of hydrogen-bond acceptors (Lipinski definition) is 5. The maximum Gasteiger partial charge on any atom is 0.359 e. The zero-order valence-corrected chi connectivity index (χ0v) is 16.4. The van der Waals surface area contributed by atoms with E-state index in [9.17, 15) is 9.59 Å². The van der Waals surface area contributed by atoms with Crippen LogP contribution in [0.1, 0.15) is 39.0 Å². The van der Waals surface area contributed by atoms with E-state index >= 15 is 0 Å². The van der Waals surface area contributed by atoms with Crippen molar-refractivity contribution in [3.05, 3.63) is 71.0 Å². The van der Waals surface area contributed by atoms with Crippen molar-refractivity contribution in [3.8, 4) is 5.69 Å². The second kappa shape index (κ2) is 7.43. The van der Waals surface area contributed by atoms with Gasteiger partial charge in [0.1, 0.15) is 5.69 Å². The van der Waals surface area contributed by atoms with Crippen molar-refractivity contribution in [1.29, 1.82) is 0 Å². The highest BCUT2D eigenvalue weighted by Crippen LogP contribution is 2.29. The van der Waals surface area contributed by atoms with E-state index in [2.05, 4.69) is 5.10 Å². The van der Waals surface area contributed by atoms with E-state index in [1.165, 1.54) is 0 Å². The molecule has 4 rings (SSSR count). The van der Waals surface area contributed by atoms with Crippen molar-refractivity contribution in [2.75, 3.05) is 23.8 Å². The van der Waals surface area contributed by atoms with E-state index in [1.807, 2.05) is 43.3 Å². The van der Waals surface area contributed by atoms with Gasteiger partial charge in [0.15, 0.2) is 5.69 Å². The highest BCUT2D eigenvalue weighted by molar-refractivity contribution is 6.09. The lowest BCUT2D eigenvalue weighted by atomic mass is 10.0. The van der Waals surface area contributed by atoms with E-state index in [-0.39, 0.29) is 18.2 Å². The Morgan fingerprint density at radius 2 is 1.76 bits per heavy atom. The van der Waals surface area contributed by atoms with Gasteiger partial charge in [0.05, 0.1) is 12.3 Å². The number of benzene rings is 2. The molecule has 2 N–H and O–H groups in total. The first-order chi connectivity index (χ1) is 14.0. The summed E-state index contributed by atoms with van der Waals surface area (Å²) in [6.45, 7) is 4.42. The Bertz CT molecular complexity index is 1070. The maximum absolute atomic E-state index is 13.4. The summed E-state index contributed by atoms with van der Waals surface area (Å²) >= 11 is 0. The van der Waals surface area contributed by atoms with Gasteiger partial charge in [-0.05, 0) is 56.7 Å². The molecule has 0 saturated heterocycles. The zero-order chi connectivity index (χ0) is 20.5. The summed E-state index contributed by atoms with van der Waals surface area (Å²) in [4.78, 5) is 27.6. The lowest BCUT2D eigenvalue weighted by molar-refractivity contribution is 0.0517. The molecule has 29 heavy (non-hydrogen) atoms. The quantitative estimate of drug-likeness (QED) is 0.546. The smallest absolute Gasteiger partial charge is 0.359 e. The largest absolute Gasteiger partial charge is 0.461 e. The van der Waals surface area contributed by atoms with Crippen LogP contribution in [0.4, 0.5) is 11.4 Å². The van der Waals surface area contributed by atoms with Gasteiger partial charge in [-0.2, -0.15) is 5.10 Å². The van der Waals surface area contributed by atoms with E-state index in [4.69, 9.17) is 10.5 Å². The number of rotatable bonds is 4. The maximum atomic E-state index is 13.4. The summed E-state index contributed by atoms with van der Waals surface area (Å²) in [6, 6.07) is 14.8. The third kappa shape index (κ3) is 3.35. The number of amides is 1. The number of aryl methyl sites for hydroxylation is 1. The number of hydrogen-bond donors (Lipinski definition) is 1. The van der Waals surface area contributed by atoms with Crippen molar-refractivity contribution < 1.29 is 14.3 Å². The van der Waals surface area contributed by atoms with Gasteiger partial charge >= 0.3 is 5.97 Å². The minimum Gasteiger partial charge on any atom is -0.461 e. The van der Waals surface area contributed by atoms with E-state index in [1.54, 1.807) is 28.6 Å². The number of aromatic nitrogens is 2. The molecule has 148 valence electrons. The number of ether oxygens (including phenoxy) is 1. The van der Waals surface area contributed by atoms with Gasteiger partial charge in [-0.3, -0.25) is 4.79 Å². The standard InChI is InChI=1S/C22H22N4O3/c1-3-29-22(28)19-18-12-13-25(16-10-6-15(23)7-11-16)21(27)20(18)26(24-19)17-8-4-14(2)5-9-17/h4-11H,3,12-13,23H2,1-2H3. The molecule has 3 aromatic rings.